The van der Waals surface area contributed by atoms with Crippen LogP contribution in [0.15, 0.2) is 6.20 Å². The first kappa shape index (κ1) is 14.6. The Morgan fingerprint density at radius 1 is 1.47 bits per heavy atom. The van der Waals surface area contributed by atoms with Gasteiger partial charge in [0, 0.05) is 42.8 Å². The third kappa shape index (κ3) is 5.15. The number of ether oxygens (including phenoxy) is 1. The van der Waals surface area contributed by atoms with Crippen molar-refractivity contribution in [1.82, 2.24) is 10.3 Å². The standard InChI is InChI=1S/C13H24N2OS/c1-10(6-7-16-5)14-8-11-9-15-12(17-11)13(2,3)4/h9-10,14H,6-8H2,1-5H3. The molecule has 98 valence electrons. The van der Waals surface area contributed by atoms with Crippen LogP contribution in [0.25, 0.3) is 0 Å². The minimum absolute atomic E-state index is 0.157. The molecular weight excluding hydrogens is 232 g/mol. The number of hydrogen-bond donors (Lipinski definition) is 1. The van der Waals surface area contributed by atoms with Crippen molar-refractivity contribution in [3.63, 3.8) is 0 Å². The normalized spacial score (nSPS) is 13.9. The van der Waals surface area contributed by atoms with Crippen molar-refractivity contribution in [2.24, 2.45) is 0 Å². The van der Waals surface area contributed by atoms with Gasteiger partial charge in [0.1, 0.15) is 0 Å². The Morgan fingerprint density at radius 2 is 2.18 bits per heavy atom. The summed E-state index contributed by atoms with van der Waals surface area (Å²) in [5, 5.41) is 4.70. The van der Waals surface area contributed by atoms with Gasteiger partial charge in [-0.1, -0.05) is 20.8 Å². The maximum Gasteiger partial charge on any atom is 0.0981 e. The monoisotopic (exact) mass is 256 g/mol. The van der Waals surface area contributed by atoms with Crippen LogP contribution in [-0.4, -0.2) is 24.7 Å². The van der Waals surface area contributed by atoms with Crippen LogP contribution in [0.5, 0.6) is 0 Å². The third-order valence-corrected chi connectivity index (χ3v) is 4.00. The van der Waals surface area contributed by atoms with Crippen LogP contribution in [0, 0.1) is 0 Å². The topological polar surface area (TPSA) is 34.1 Å². The molecule has 0 aliphatic heterocycles. The van der Waals surface area contributed by atoms with E-state index in [1.54, 1.807) is 18.4 Å². The lowest BCUT2D eigenvalue weighted by Gasteiger charge is -2.14. The van der Waals surface area contributed by atoms with Crippen molar-refractivity contribution in [2.45, 2.75) is 52.1 Å². The molecule has 0 aliphatic rings. The van der Waals surface area contributed by atoms with Crippen molar-refractivity contribution >= 4 is 11.3 Å². The van der Waals surface area contributed by atoms with Gasteiger partial charge >= 0.3 is 0 Å². The number of rotatable bonds is 6. The smallest absolute Gasteiger partial charge is 0.0981 e. The van der Waals surface area contributed by atoms with Crippen molar-refractivity contribution in [3.8, 4) is 0 Å². The average Bonchev–Trinajstić information content (AvgIpc) is 2.71. The molecule has 1 atom stereocenters. The summed E-state index contributed by atoms with van der Waals surface area (Å²) in [5.74, 6) is 0. The Labute approximate surface area is 109 Å². The minimum atomic E-state index is 0.157. The Bertz CT molecular complexity index is 330. The maximum atomic E-state index is 5.06. The lowest BCUT2D eigenvalue weighted by Crippen LogP contribution is -2.26. The van der Waals surface area contributed by atoms with E-state index in [0.717, 1.165) is 19.6 Å². The predicted octanol–water partition coefficient (Wildman–Crippen LogP) is 2.96. The molecule has 17 heavy (non-hydrogen) atoms. The van der Waals surface area contributed by atoms with Gasteiger partial charge in [0.15, 0.2) is 0 Å². The highest BCUT2D eigenvalue weighted by Gasteiger charge is 2.17. The average molecular weight is 256 g/mol. The highest BCUT2D eigenvalue weighted by Crippen LogP contribution is 2.26. The van der Waals surface area contributed by atoms with Crippen LogP contribution in [0.3, 0.4) is 0 Å². The molecule has 0 spiro atoms. The van der Waals surface area contributed by atoms with Crippen LogP contribution < -0.4 is 5.32 Å². The molecule has 1 N–H and O–H groups in total. The molecule has 0 amide bonds. The van der Waals surface area contributed by atoms with Gasteiger partial charge in [-0.25, -0.2) is 4.98 Å². The van der Waals surface area contributed by atoms with E-state index >= 15 is 0 Å². The van der Waals surface area contributed by atoms with Gasteiger partial charge in [0.2, 0.25) is 0 Å². The van der Waals surface area contributed by atoms with Crippen molar-refractivity contribution in [2.75, 3.05) is 13.7 Å². The number of nitrogens with zero attached hydrogens (tertiary/aromatic N) is 1. The zero-order chi connectivity index (χ0) is 12.9. The summed E-state index contributed by atoms with van der Waals surface area (Å²) in [6, 6.07) is 0.482. The Morgan fingerprint density at radius 3 is 2.71 bits per heavy atom. The molecule has 1 aromatic heterocycles. The summed E-state index contributed by atoms with van der Waals surface area (Å²) in [6.07, 6.45) is 3.03. The molecule has 4 heteroatoms. The summed E-state index contributed by atoms with van der Waals surface area (Å²) in [4.78, 5) is 5.79. The lowest BCUT2D eigenvalue weighted by molar-refractivity contribution is 0.185. The highest BCUT2D eigenvalue weighted by molar-refractivity contribution is 7.11. The molecular formula is C13H24N2OS. The Balaban J connectivity index is 2.40. The molecule has 0 aliphatic carbocycles. The SMILES string of the molecule is COCCC(C)NCc1cnc(C(C)(C)C)s1. The van der Waals surface area contributed by atoms with E-state index in [2.05, 4.69) is 38.0 Å². The zero-order valence-electron chi connectivity index (χ0n) is 11.5. The largest absolute Gasteiger partial charge is 0.385 e. The van der Waals surface area contributed by atoms with E-state index in [9.17, 15) is 0 Å². The molecule has 0 saturated carbocycles. The van der Waals surface area contributed by atoms with E-state index in [0.29, 0.717) is 6.04 Å². The van der Waals surface area contributed by atoms with Gasteiger partial charge in [-0.2, -0.15) is 0 Å². The minimum Gasteiger partial charge on any atom is -0.385 e. The van der Waals surface area contributed by atoms with E-state index in [1.165, 1.54) is 9.88 Å². The summed E-state index contributed by atoms with van der Waals surface area (Å²) in [5.41, 5.74) is 0.157. The van der Waals surface area contributed by atoms with Gasteiger partial charge in [0.25, 0.3) is 0 Å². The molecule has 0 saturated heterocycles. The predicted molar refractivity (Wildman–Crippen MR) is 73.6 cm³/mol. The molecule has 1 rings (SSSR count). The van der Waals surface area contributed by atoms with Crippen LogP contribution in [0.2, 0.25) is 0 Å². The molecule has 1 aromatic rings. The lowest BCUT2D eigenvalue weighted by atomic mass is 9.98. The van der Waals surface area contributed by atoms with Gasteiger partial charge in [-0.15, -0.1) is 11.3 Å². The molecule has 1 unspecified atom stereocenters. The fourth-order valence-corrected chi connectivity index (χ4v) is 2.33. The van der Waals surface area contributed by atoms with Crippen molar-refractivity contribution in [1.29, 1.82) is 0 Å². The van der Waals surface area contributed by atoms with E-state index in [1.807, 2.05) is 6.20 Å². The fourth-order valence-electron chi connectivity index (χ4n) is 1.41. The first-order chi connectivity index (χ1) is 7.93. The van der Waals surface area contributed by atoms with E-state index in [-0.39, 0.29) is 5.41 Å². The highest BCUT2D eigenvalue weighted by atomic mass is 32.1. The Kier molecular flexibility index (Phi) is 5.56. The van der Waals surface area contributed by atoms with Crippen LogP contribution in [-0.2, 0) is 16.7 Å². The van der Waals surface area contributed by atoms with Crippen LogP contribution in [0.4, 0.5) is 0 Å². The second-order valence-electron chi connectivity index (χ2n) is 5.45. The molecule has 0 aromatic carbocycles. The molecule has 0 radical (unpaired) electrons. The van der Waals surface area contributed by atoms with Crippen molar-refractivity contribution in [3.05, 3.63) is 16.1 Å². The summed E-state index contributed by atoms with van der Waals surface area (Å²) < 4.78 is 5.06. The molecule has 0 fully saturated rings. The Hall–Kier alpha value is -0.450. The number of aromatic nitrogens is 1. The number of thiazole rings is 1. The summed E-state index contributed by atoms with van der Waals surface area (Å²) >= 11 is 1.80. The van der Waals surface area contributed by atoms with Gasteiger partial charge in [-0.05, 0) is 13.3 Å². The number of methoxy groups -OCH3 is 1. The van der Waals surface area contributed by atoms with Gasteiger partial charge in [-0.3, -0.25) is 0 Å². The quantitative estimate of drug-likeness (QED) is 0.849. The van der Waals surface area contributed by atoms with Crippen LogP contribution in [0.1, 0.15) is 44.0 Å². The number of nitrogens with one attached hydrogen (secondary N) is 1. The molecule has 3 nitrogen and oxygen atoms in total. The summed E-state index contributed by atoms with van der Waals surface area (Å²) in [7, 11) is 1.74. The first-order valence-electron chi connectivity index (χ1n) is 6.11. The number of hydrogen-bond acceptors (Lipinski definition) is 4. The second-order valence-corrected chi connectivity index (χ2v) is 6.56. The third-order valence-electron chi connectivity index (χ3n) is 2.57. The van der Waals surface area contributed by atoms with Crippen LogP contribution >= 0.6 is 11.3 Å². The van der Waals surface area contributed by atoms with Gasteiger partial charge in [0.05, 0.1) is 5.01 Å². The molecule has 1 heterocycles. The van der Waals surface area contributed by atoms with E-state index < -0.39 is 0 Å². The first-order valence-corrected chi connectivity index (χ1v) is 6.92. The second kappa shape index (κ2) is 6.47. The van der Waals surface area contributed by atoms with E-state index in [4.69, 9.17) is 4.74 Å². The fraction of sp³-hybridized carbons (Fsp3) is 0.769. The summed E-state index contributed by atoms with van der Waals surface area (Å²) in [6.45, 7) is 10.5. The molecule has 0 bridgehead atoms. The van der Waals surface area contributed by atoms with Gasteiger partial charge < -0.3 is 10.1 Å². The maximum absolute atomic E-state index is 5.06. The van der Waals surface area contributed by atoms with Crippen molar-refractivity contribution < 1.29 is 4.74 Å². The zero-order valence-corrected chi connectivity index (χ0v) is 12.4.